The van der Waals surface area contributed by atoms with E-state index < -0.39 is 16.6 Å². The van der Waals surface area contributed by atoms with Gasteiger partial charge in [0, 0.05) is 6.42 Å². The Labute approximate surface area is 114 Å². The van der Waals surface area contributed by atoms with Crippen molar-refractivity contribution in [2.24, 2.45) is 5.41 Å². The molecule has 0 heterocycles. The molecule has 1 atom stereocenters. The summed E-state index contributed by atoms with van der Waals surface area (Å²) in [5.74, 6) is -0.364. The van der Waals surface area contributed by atoms with Crippen molar-refractivity contribution >= 4 is 5.97 Å². The first-order valence-electron chi connectivity index (χ1n) is 6.62. The Morgan fingerprint density at radius 3 is 2.32 bits per heavy atom. The van der Waals surface area contributed by atoms with Crippen LogP contribution in [0.15, 0.2) is 24.3 Å². The molecule has 2 rings (SSSR count). The van der Waals surface area contributed by atoms with E-state index in [0.717, 1.165) is 11.1 Å². The van der Waals surface area contributed by atoms with Crippen LogP contribution in [0.4, 0.5) is 0 Å². The second kappa shape index (κ2) is 4.07. The van der Waals surface area contributed by atoms with Crippen LogP contribution in [0.2, 0.25) is 0 Å². The third-order valence-electron chi connectivity index (χ3n) is 3.85. The Balaban J connectivity index is 2.29. The van der Waals surface area contributed by atoms with Crippen LogP contribution < -0.4 is 0 Å². The van der Waals surface area contributed by atoms with Crippen molar-refractivity contribution in [2.75, 3.05) is 0 Å². The summed E-state index contributed by atoms with van der Waals surface area (Å²) in [4.78, 5) is 12.3. The third-order valence-corrected chi connectivity index (χ3v) is 3.85. The molecule has 1 unspecified atom stereocenters. The first kappa shape index (κ1) is 14.1. The molecule has 104 valence electrons. The van der Waals surface area contributed by atoms with Gasteiger partial charge in [0.25, 0.3) is 0 Å². The minimum Gasteiger partial charge on any atom is -0.459 e. The summed E-state index contributed by atoms with van der Waals surface area (Å²) in [6, 6.07) is 7.69. The highest BCUT2D eigenvalue weighted by Gasteiger charge is 2.57. The lowest BCUT2D eigenvalue weighted by Crippen LogP contribution is -2.55. The molecule has 1 aliphatic carbocycles. The number of hydrogen-bond donors (Lipinski definition) is 1. The molecule has 1 aromatic carbocycles. The molecule has 0 amide bonds. The molecule has 0 bridgehead atoms. The zero-order valence-electron chi connectivity index (χ0n) is 12.3. The van der Waals surface area contributed by atoms with Crippen molar-refractivity contribution in [3.63, 3.8) is 0 Å². The fraction of sp³-hybridized carbons (Fsp3) is 0.562. The molecular weight excluding hydrogens is 240 g/mol. The molecule has 0 aliphatic heterocycles. The van der Waals surface area contributed by atoms with Gasteiger partial charge in [-0.15, -0.1) is 0 Å². The number of benzene rings is 1. The van der Waals surface area contributed by atoms with Crippen molar-refractivity contribution < 1.29 is 14.6 Å². The molecule has 0 saturated heterocycles. The van der Waals surface area contributed by atoms with E-state index in [1.54, 1.807) is 13.8 Å². The second-order valence-electron chi connectivity index (χ2n) is 6.82. The van der Waals surface area contributed by atoms with Crippen molar-refractivity contribution in [2.45, 2.75) is 52.2 Å². The number of carbonyl (C=O) groups is 1. The van der Waals surface area contributed by atoms with Crippen molar-refractivity contribution in [1.82, 2.24) is 0 Å². The van der Waals surface area contributed by atoms with Crippen molar-refractivity contribution in [3.05, 3.63) is 35.4 Å². The monoisotopic (exact) mass is 262 g/mol. The molecule has 0 aromatic heterocycles. The van der Waals surface area contributed by atoms with E-state index in [0.29, 0.717) is 6.42 Å². The molecule has 19 heavy (non-hydrogen) atoms. The van der Waals surface area contributed by atoms with Crippen LogP contribution in [-0.2, 0) is 21.6 Å². The van der Waals surface area contributed by atoms with Gasteiger partial charge in [0.1, 0.15) is 11.2 Å². The standard InChI is InChI=1S/C16H22O3/c1-14(2,3)19-13(17)15(4,5)16(18)10-11-8-6-7-9-12(11)16/h6-9,18H,10H2,1-5H3. The van der Waals surface area contributed by atoms with E-state index in [4.69, 9.17) is 4.74 Å². The summed E-state index contributed by atoms with van der Waals surface area (Å²) >= 11 is 0. The van der Waals surface area contributed by atoms with E-state index in [1.807, 2.05) is 45.0 Å². The minimum absolute atomic E-state index is 0.364. The molecule has 0 radical (unpaired) electrons. The molecule has 1 N–H and O–H groups in total. The average Bonchev–Trinajstić information content (AvgIpc) is 2.24. The summed E-state index contributed by atoms with van der Waals surface area (Å²) in [6.07, 6.45) is 0.495. The number of hydrogen-bond acceptors (Lipinski definition) is 3. The second-order valence-corrected chi connectivity index (χ2v) is 6.82. The summed E-state index contributed by atoms with van der Waals surface area (Å²) in [5, 5.41) is 10.9. The normalized spacial score (nSPS) is 22.4. The largest absolute Gasteiger partial charge is 0.459 e. The molecule has 1 aliphatic rings. The van der Waals surface area contributed by atoms with Crippen LogP contribution in [0.5, 0.6) is 0 Å². The Morgan fingerprint density at radius 2 is 1.79 bits per heavy atom. The van der Waals surface area contributed by atoms with Gasteiger partial charge in [-0.3, -0.25) is 4.79 Å². The van der Waals surface area contributed by atoms with E-state index >= 15 is 0 Å². The number of rotatable bonds is 2. The van der Waals surface area contributed by atoms with Gasteiger partial charge in [-0.1, -0.05) is 24.3 Å². The predicted octanol–water partition coefficient (Wildman–Crippen LogP) is 2.80. The first-order chi connectivity index (χ1) is 8.58. The Kier molecular flexibility index (Phi) is 3.01. The number of esters is 1. The maximum absolute atomic E-state index is 12.3. The van der Waals surface area contributed by atoms with Gasteiger partial charge in [-0.25, -0.2) is 0 Å². The van der Waals surface area contributed by atoms with Gasteiger partial charge in [-0.05, 0) is 45.7 Å². The smallest absolute Gasteiger partial charge is 0.315 e. The van der Waals surface area contributed by atoms with Gasteiger partial charge < -0.3 is 9.84 Å². The molecule has 3 heteroatoms. The number of fused-ring (bicyclic) bond motifs is 1. The van der Waals surface area contributed by atoms with Crippen LogP contribution in [0.1, 0.15) is 45.7 Å². The summed E-state index contributed by atoms with van der Waals surface area (Å²) in [6.45, 7) is 8.99. The highest BCUT2D eigenvalue weighted by Crippen LogP contribution is 2.51. The summed E-state index contributed by atoms with van der Waals surface area (Å²) < 4.78 is 5.44. The number of aliphatic hydroxyl groups is 1. The van der Waals surface area contributed by atoms with E-state index in [9.17, 15) is 9.90 Å². The number of carbonyl (C=O) groups excluding carboxylic acids is 1. The Bertz CT molecular complexity index is 511. The molecule has 0 saturated carbocycles. The quantitative estimate of drug-likeness (QED) is 0.834. The van der Waals surface area contributed by atoms with Crippen LogP contribution in [0.3, 0.4) is 0 Å². The van der Waals surface area contributed by atoms with E-state index in [2.05, 4.69) is 0 Å². The van der Waals surface area contributed by atoms with Gasteiger partial charge in [0.15, 0.2) is 0 Å². The summed E-state index contributed by atoms with van der Waals surface area (Å²) in [7, 11) is 0. The SMILES string of the molecule is CC(C)(C)OC(=O)C(C)(C)C1(O)Cc2ccccc21. The van der Waals surface area contributed by atoms with Gasteiger partial charge >= 0.3 is 5.97 Å². The van der Waals surface area contributed by atoms with Gasteiger partial charge in [0.2, 0.25) is 0 Å². The lowest BCUT2D eigenvalue weighted by molar-refractivity contribution is -0.187. The van der Waals surface area contributed by atoms with Crippen LogP contribution in [0, 0.1) is 5.41 Å². The zero-order chi connectivity index (χ0) is 14.5. The minimum atomic E-state index is -1.13. The predicted molar refractivity (Wildman–Crippen MR) is 73.7 cm³/mol. The van der Waals surface area contributed by atoms with Crippen LogP contribution in [-0.4, -0.2) is 16.7 Å². The lowest BCUT2D eigenvalue weighted by atomic mass is 9.60. The highest BCUT2D eigenvalue weighted by atomic mass is 16.6. The van der Waals surface area contributed by atoms with Crippen molar-refractivity contribution in [1.29, 1.82) is 0 Å². The van der Waals surface area contributed by atoms with Gasteiger partial charge in [0.05, 0.1) is 5.41 Å². The topological polar surface area (TPSA) is 46.5 Å². The van der Waals surface area contributed by atoms with Crippen molar-refractivity contribution in [3.8, 4) is 0 Å². The molecular formula is C16H22O3. The fourth-order valence-electron chi connectivity index (χ4n) is 2.47. The lowest BCUT2D eigenvalue weighted by Gasteiger charge is -2.49. The van der Waals surface area contributed by atoms with Crippen LogP contribution >= 0.6 is 0 Å². The van der Waals surface area contributed by atoms with Gasteiger partial charge in [-0.2, -0.15) is 0 Å². The van der Waals surface area contributed by atoms with E-state index in [1.165, 1.54) is 0 Å². The maximum atomic E-state index is 12.3. The van der Waals surface area contributed by atoms with E-state index in [-0.39, 0.29) is 5.97 Å². The Morgan fingerprint density at radius 1 is 1.21 bits per heavy atom. The number of ether oxygens (including phenoxy) is 1. The Hall–Kier alpha value is -1.35. The third kappa shape index (κ3) is 2.16. The highest BCUT2D eigenvalue weighted by molar-refractivity contribution is 5.79. The first-order valence-corrected chi connectivity index (χ1v) is 6.62. The van der Waals surface area contributed by atoms with Crippen LogP contribution in [0.25, 0.3) is 0 Å². The molecule has 3 nitrogen and oxygen atoms in total. The molecule has 0 fully saturated rings. The summed E-state index contributed by atoms with van der Waals surface area (Å²) in [5.41, 5.74) is -0.707. The molecule has 1 aromatic rings. The molecule has 0 spiro atoms. The average molecular weight is 262 g/mol. The maximum Gasteiger partial charge on any atom is 0.315 e. The zero-order valence-corrected chi connectivity index (χ0v) is 12.3. The fourth-order valence-corrected chi connectivity index (χ4v) is 2.47.